The van der Waals surface area contributed by atoms with Crippen molar-refractivity contribution in [2.75, 3.05) is 11.9 Å². The fourth-order valence-electron chi connectivity index (χ4n) is 1.96. The van der Waals surface area contributed by atoms with Crippen molar-refractivity contribution < 1.29 is 24.6 Å². The number of carboxylic acid groups (broad SMARTS) is 2. The summed E-state index contributed by atoms with van der Waals surface area (Å²) in [5, 5.41) is 20.3. The molecule has 0 atom stereocenters. The van der Waals surface area contributed by atoms with E-state index in [0.717, 1.165) is 21.1 Å². The molecule has 5 N–H and O–H groups in total. The van der Waals surface area contributed by atoms with E-state index >= 15 is 0 Å². The average molecular weight is 285 g/mol. The summed E-state index contributed by atoms with van der Waals surface area (Å²) < 4.78 is 0. The molecule has 2 heterocycles. The number of thiophene rings is 1. The number of amides is 3. The van der Waals surface area contributed by atoms with Crippen LogP contribution in [-0.4, -0.2) is 39.8 Å². The average Bonchev–Trinajstić information content (AvgIpc) is 2.66. The van der Waals surface area contributed by atoms with E-state index in [1.807, 2.05) is 0 Å². The number of urea groups is 1. The summed E-state index contributed by atoms with van der Waals surface area (Å²) in [4.78, 5) is 34.9. The Morgan fingerprint density at radius 3 is 2.53 bits per heavy atom. The van der Waals surface area contributed by atoms with Crippen LogP contribution in [0.25, 0.3) is 0 Å². The summed E-state index contributed by atoms with van der Waals surface area (Å²) in [6.07, 6.45) is -0.661. The van der Waals surface area contributed by atoms with Crippen LogP contribution in [0, 0.1) is 0 Å². The molecule has 102 valence electrons. The van der Waals surface area contributed by atoms with Gasteiger partial charge in [-0.2, -0.15) is 0 Å². The van der Waals surface area contributed by atoms with Gasteiger partial charge in [-0.3, -0.25) is 0 Å². The molecule has 0 unspecified atom stereocenters. The SMILES string of the molecule is NC(=O)Nc1c(C(=O)O)sc2c1CN(C(=O)O)CC2. The highest BCUT2D eigenvalue weighted by molar-refractivity contribution is 7.14. The van der Waals surface area contributed by atoms with E-state index in [-0.39, 0.29) is 17.1 Å². The molecule has 2 rings (SSSR count). The van der Waals surface area contributed by atoms with Crippen molar-refractivity contribution in [1.82, 2.24) is 4.90 Å². The van der Waals surface area contributed by atoms with Crippen molar-refractivity contribution in [3.63, 3.8) is 0 Å². The zero-order chi connectivity index (χ0) is 14.2. The van der Waals surface area contributed by atoms with Crippen LogP contribution < -0.4 is 11.1 Å². The number of carboxylic acids is 1. The second kappa shape index (κ2) is 4.76. The molecule has 1 aliphatic heterocycles. The van der Waals surface area contributed by atoms with Gasteiger partial charge in [-0.1, -0.05) is 0 Å². The minimum Gasteiger partial charge on any atom is -0.477 e. The predicted molar refractivity (Wildman–Crippen MR) is 66.6 cm³/mol. The molecule has 0 aromatic carbocycles. The van der Waals surface area contributed by atoms with Crippen LogP contribution in [0.3, 0.4) is 0 Å². The van der Waals surface area contributed by atoms with Crippen LogP contribution in [0.15, 0.2) is 0 Å². The number of rotatable bonds is 2. The smallest absolute Gasteiger partial charge is 0.407 e. The maximum absolute atomic E-state index is 11.1. The third kappa shape index (κ3) is 2.45. The first-order valence-electron chi connectivity index (χ1n) is 5.32. The monoisotopic (exact) mass is 285 g/mol. The molecular formula is C10H11N3O5S. The van der Waals surface area contributed by atoms with Gasteiger partial charge in [0.2, 0.25) is 0 Å². The summed E-state index contributed by atoms with van der Waals surface area (Å²) in [5.41, 5.74) is 5.62. The Morgan fingerprint density at radius 2 is 2.00 bits per heavy atom. The van der Waals surface area contributed by atoms with E-state index in [1.54, 1.807) is 0 Å². The molecule has 0 saturated heterocycles. The van der Waals surface area contributed by atoms with E-state index < -0.39 is 18.1 Å². The topological polar surface area (TPSA) is 133 Å². The molecule has 1 aromatic rings. The maximum Gasteiger partial charge on any atom is 0.407 e. The summed E-state index contributed by atoms with van der Waals surface area (Å²) in [6, 6.07) is -0.879. The maximum atomic E-state index is 11.1. The zero-order valence-electron chi connectivity index (χ0n) is 9.67. The van der Waals surface area contributed by atoms with Crippen LogP contribution in [0.4, 0.5) is 15.3 Å². The highest BCUT2D eigenvalue weighted by Gasteiger charge is 2.29. The first-order chi connectivity index (χ1) is 8.90. The Kier molecular flexibility index (Phi) is 3.30. The number of fused-ring (bicyclic) bond motifs is 1. The fourth-order valence-corrected chi connectivity index (χ4v) is 3.05. The van der Waals surface area contributed by atoms with Gasteiger partial charge in [0.15, 0.2) is 0 Å². The van der Waals surface area contributed by atoms with Crippen molar-refractivity contribution >= 4 is 35.1 Å². The Bertz CT molecular complexity index is 568. The molecule has 1 aliphatic rings. The minimum atomic E-state index is -1.18. The number of carbonyl (C=O) groups excluding carboxylic acids is 1. The summed E-state index contributed by atoms with van der Waals surface area (Å²) in [6.45, 7) is 0.349. The van der Waals surface area contributed by atoms with Crippen LogP contribution in [0.5, 0.6) is 0 Å². The minimum absolute atomic E-state index is 0.0314. The van der Waals surface area contributed by atoms with Gasteiger partial charge in [0.25, 0.3) is 0 Å². The van der Waals surface area contributed by atoms with Gasteiger partial charge in [-0.15, -0.1) is 11.3 Å². The Balaban J connectivity index is 2.45. The molecular weight excluding hydrogens is 274 g/mol. The number of primary amides is 1. The van der Waals surface area contributed by atoms with E-state index in [1.165, 1.54) is 0 Å². The number of nitrogens with zero attached hydrogens (tertiary/aromatic N) is 1. The molecule has 0 saturated carbocycles. The molecule has 0 fully saturated rings. The first-order valence-corrected chi connectivity index (χ1v) is 6.14. The second-order valence-electron chi connectivity index (χ2n) is 3.96. The third-order valence-electron chi connectivity index (χ3n) is 2.76. The fraction of sp³-hybridized carbons (Fsp3) is 0.300. The molecule has 9 heteroatoms. The van der Waals surface area contributed by atoms with E-state index in [4.69, 9.17) is 15.9 Å². The Hall–Kier alpha value is -2.29. The number of nitrogens with one attached hydrogen (secondary N) is 1. The molecule has 0 aliphatic carbocycles. The summed E-state index contributed by atoms with van der Waals surface area (Å²) in [7, 11) is 0. The zero-order valence-corrected chi connectivity index (χ0v) is 10.5. The molecule has 1 aromatic heterocycles. The molecule has 0 radical (unpaired) electrons. The van der Waals surface area contributed by atoms with Gasteiger partial charge in [-0.25, -0.2) is 14.4 Å². The van der Waals surface area contributed by atoms with E-state index in [0.29, 0.717) is 18.5 Å². The Labute approximate surface area is 111 Å². The normalized spacial score (nSPS) is 13.8. The summed E-state index contributed by atoms with van der Waals surface area (Å²) in [5.74, 6) is -1.18. The molecule has 8 nitrogen and oxygen atoms in total. The predicted octanol–water partition coefficient (Wildman–Crippen LogP) is 0.973. The van der Waals surface area contributed by atoms with Crippen LogP contribution in [0.1, 0.15) is 20.1 Å². The van der Waals surface area contributed by atoms with Gasteiger partial charge in [-0.05, 0) is 6.42 Å². The van der Waals surface area contributed by atoms with E-state index in [9.17, 15) is 14.4 Å². The van der Waals surface area contributed by atoms with Crippen molar-refractivity contribution in [2.45, 2.75) is 13.0 Å². The van der Waals surface area contributed by atoms with Crippen molar-refractivity contribution in [2.24, 2.45) is 5.73 Å². The molecule has 0 bridgehead atoms. The van der Waals surface area contributed by atoms with Crippen molar-refractivity contribution in [3.8, 4) is 0 Å². The highest BCUT2D eigenvalue weighted by atomic mass is 32.1. The van der Waals surface area contributed by atoms with Gasteiger partial charge < -0.3 is 26.2 Å². The van der Waals surface area contributed by atoms with Crippen molar-refractivity contribution in [1.29, 1.82) is 0 Å². The molecule has 19 heavy (non-hydrogen) atoms. The van der Waals surface area contributed by atoms with Crippen molar-refractivity contribution in [3.05, 3.63) is 15.3 Å². The lowest BCUT2D eigenvalue weighted by Gasteiger charge is -2.24. The largest absolute Gasteiger partial charge is 0.477 e. The van der Waals surface area contributed by atoms with Crippen LogP contribution >= 0.6 is 11.3 Å². The van der Waals surface area contributed by atoms with Crippen LogP contribution in [0.2, 0.25) is 0 Å². The lowest BCUT2D eigenvalue weighted by atomic mass is 10.1. The highest BCUT2D eigenvalue weighted by Crippen LogP contribution is 2.37. The number of aromatic carboxylic acids is 1. The molecule has 3 amide bonds. The Morgan fingerprint density at radius 1 is 1.32 bits per heavy atom. The third-order valence-corrected chi connectivity index (χ3v) is 4.04. The quantitative estimate of drug-likeness (QED) is 0.642. The first kappa shape index (κ1) is 13.1. The standard InChI is InChI=1S/C10H11N3O5S/c11-9(16)12-6-4-3-13(10(17)18)2-1-5(4)19-7(6)8(14)15/h1-3H2,(H,14,15)(H,17,18)(H3,11,12,16). The van der Waals surface area contributed by atoms with Gasteiger partial charge in [0.1, 0.15) is 4.88 Å². The molecule has 0 spiro atoms. The number of hydrogen-bond acceptors (Lipinski definition) is 4. The number of anilines is 1. The van der Waals surface area contributed by atoms with Crippen LogP contribution in [-0.2, 0) is 13.0 Å². The number of hydrogen-bond donors (Lipinski definition) is 4. The summed E-state index contributed by atoms with van der Waals surface area (Å²) >= 11 is 1.04. The van der Waals surface area contributed by atoms with Gasteiger partial charge in [0, 0.05) is 17.0 Å². The lowest BCUT2D eigenvalue weighted by Crippen LogP contribution is -2.34. The van der Waals surface area contributed by atoms with E-state index in [2.05, 4.69) is 5.32 Å². The number of carbonyl (C=O) groups is 3. The van der Waals surface area contributed by atoms with Gasteiger partial charge >= 0.3 is 18.1 Å². The second-order valence-corrected chi connectivity index (χ2v) is 5.06. The van der Waals surface area contributed by atoms with Gasteiger partial charge in [0.05, 0.1) is 12.2 Å². The number of nitrogens with two attached hydrogens (primary N) is 1. The lowest BCUT2D eigenvalue weighted by molar-refractivity contribution is 0.0703.